The lowest BCUT2D eigenvalue weighted by Crippen LogP contribution is -2.22. The standard InChI is InChI=1S/C14H14BrF2NS/c1-3-18-14(11-6-9(15)7-19-11)10-5-4-8(2)12(16)13(10)17/h4-7,14,18H,3H2,1-2H3. The number of thiophene rings is 1. The van der Waals surface area contributed by atoms with E-state index < -0.39 is 11.6 Å². The minimum Gasteiger partial charge on any atom is -0.306 e. The predicted octanol–water partition coefficient (Wildman–Crippen LogP) is 4.80. The van der Waals surface area contributed by atoms with Gasteiger partial charge in [-0.2, -0.15) is 0 Å². The highest BCUT2D eigenvalue weighted by atomic mass is 79.9. The van der Waals surface area contributed by atoms with Crippen LogP contribution in [0.1, 0.15) is 29.0 Å². The fraction of sp³-hybridized carbons (Fsp3) is 0.286. The molecule has 0 bridgehead atoms. The van der Waals surface area contributed by atoms with Crippen LogP contribution >= 0.6 is 27.3 Å². The molecule has 0 saturated carbocycles. The molecule has 19 heavy (non-hydrogen) atoms. The van der Waals surface area contributed by atoms with E-state index in [1.54, 1.807) is 19.1 Å². The summed E-state index contributed by atoms with van der Waals surface area (Å²) < 4.78 is 28.8. The quantitative estimate of drug-likeness (QED) is 0.839. The Morgan fingerprint density at radius 3 is 2.63 bits per heavy atom. The van der Waals surface area contributed by atoms with Crippen molar-refractivity contribution in [2.45, 2.75) is 19.9 Å². The van der Waals surface area contributed by atoms with Crippen molar-refractivity contribution in [2.75, 3.05) is 6.54 Å². The lowest BCUT2D eigenvalue weighted by molar-refractivity contribution is 0.479. The molecule has 102 valence electrons. The van der Waals surface area contributed by atoms with Crippen molar-refractivity contribution in [1.29, 1.82) is 0 Å². The first-order valence-corrected chi connectivity index (χ1v) is 7.63. The third-order valence-electron chi connectivity index (χ3n) is 2.90. The first kappa shape index (κ1) is 14.6. The summed E-state index contributed by atoms with van der Waals surface area (Å²) in [5, 5.41) is 5.13. The zero-order valence-corrected chi connectivity index (χ0v) is 13.0. The van der Waals surface area contributed by atoms with Gasteiger partial charge in [0.15, 0.2) is 11.6 Å². The van der Waals surface area contributed by atoms with Gasteiger partial charge in [-0.1, -0.05) is 19.1 Å². The molecule has 1 nitrogen and oxygen atoms in total. The van der Waals surface area contributed by atoms with Crippen LogP contribution in [0.15, 0.2) is 28.1 Å². The summed E-state index contributed by atoms with van der Waals surface area (Å²) in [6.07, 6.45) is 0. The predicted molar refractivity (Wildman–Crippen MR) is 78.6 cm³/mol. The highest BCUT2D eigenvalue weighted by molar-refractivity contribution is 9.10. The van der Waals surface area contributed by atoms with Gasteiger partial charge in [-0.15, -0.1) is 11.3 Å². The molecule has 1 aromatic heterocycles. The Labute approximate surface area is 123 Å². The van der Waals surface area contributed by atoms with E-state index in [2.05, 4.69) is 21.2 Å². The number of rotatable bonds is 4. The second-order valence-corrected chi connectivity index (χ2v) is 6.12. The fourth-order valence-corrected chi connectivity index (χ4v) is 3.47. The van der Waals surface area contributed by atoms with Crippen molar-refractivity contribution >= 4 is 27.3 Å². The molecule has 2 rings (SSSR count). The van der Waals surface area contributed by atoms with Crippen LogP contribution < -0.4 is 5.32 Å². The average Bonchev–Trinajstić information content (AvgIpc) is 2.81. The highest BCUT2D eigenvalue weighted by Gasteiger charge is 2.21. The highest BCUT2D eigenvalue weighted by Crippen LogP contribution is 2.32. The third kappa shape index (κ3) is 3.04. The van der Waals surface area contributed by atoms with E-state index in [0.29, 0.717) is 17.7 Å². The van der Waals surface area contributed by atoms with Crippen LogP contribution in [-0.2, 0) is 0 Å². The first-order valence-electron chi connectivity index (χ1n) is 5.96. The van der Waals surface area contributed by atoms with Crippen LogP contribution in [0.2, 0.25) is 0 Å². The molecule has 0 aliphatic carbocycles. The van der Waals surface area contributed by atoms with Gasteiger partial charge in [0.2, 0.25) is 0 Å². The molecule has 5 heteroatoms. The van der Waals surface area contributed by atoms with E-state index in [9.17, 15) is 8.78 Å². The minimum absolute atomic E-state index is 0.323. The molecule has 1 atom stereocenters. The van der Waals surface area contributed by atoms with Gasteiger partial charge in [0.05, 0.1) is 6.04 Å². The van der Waals surface area contributed by atoms with Crippen LogP contribution in [-0.4, -0.2) is 6.54 Å². The van der Waals surface area contributed by atoms with Gasteiger partial charge in [-0.25, -0.2) is 8.78 Å². The number of hydrogen-bond donors (Lipinski definition) is 1. The van der Waals surface area contributed by atoms with Crippen molar-refractivity contribution in [3.8, 4) is 0 Å². The molecule has 0 aliphatic heterocycles. The molecule has 1 aromatic carbocycles. The summed E-state index contributed by atoms with van der Waals surface area (Å²) in [5.41, 5.74) is 0.670. The topological polar surface area (TPSA) is 12.0 Å². The Morgan fingerprint density at radius 1 is 1.32 bits per heavy atom. The maximum absolute atomic E-state index is 14.1. The fourth-order valence-electron chi connectivity index (χ4n) is 1.93. The number of halogens is 3. The zero-order chi connectivity index (χ0) is 14.0. The summed E-state index contributed by atoms with van der Waals surface area (Å²) in [7, 11) is 0. The summed E-state index contributed by atoms with van der Waals surface area (Å²) in [5.74, 6) is -1.54. The molecule has 0 radical (unpaired) electrons. The Morgan fingerprint density at radius 2 is 2.05 bits per heavy atom. The Bertz CT molecular complexity index is 583. The third-order valence-corrected chi connectivity index (χ3v) is 4.66. The van der Waals surface area contributed by atoms with E-state index in [-0.39, 0.29) is 6.04 Å². The maximum Gasteiger partial charge on any atom is 0.164 e. The largest absolute Gasteiger partial charge is 0.306 e. The second kappa shape index (κ2) is 6.11. The Balaban J connectivity index is 2.48. The van der Waals surface area contributed by atoms with Crippen molar-refractivity contribution in [3.63, 3.8) is 0 Å². The van der Waals surface area contributed by atoms with Crippen LogP contribution in [0.4, 0.5) is 8.78 Å². The van der Waals surface area contributed by atoms with Gasteiger partial charge >= 0.3 is 0 Å². The normalized spacial score (nSPS) is 12.7. The number of benzene rings is 1. The molecule has 1 N–H and O–H groups in total. The number of aryl methyl sites for hydroxylation is 1. The zero-order valence-electron chi connectivity index (χ0n) is 10.6. The summed E-state index contributed by atoms with van der Waals surface area (Å²) in [6.45, 7) is 4.18. The lowest BCUT2D eigenvalue weighted by Gasteiger charge is -2.18. The van der Waals surface area contributed by atoms with Crippen LogP contribution in [0.5, 0.6) is 0 Å². The SMILES string of the molecule is CCNC(c1cc(Br)cs1)c1ccc(C)c(F)c1F. The van der Waals surface area contributed by atoms with Crippen molar-refractivity contribution in [2.24, 2.45) is 0 Å². The minimum atomic E-state index is -0.768. The maximum atomic E-state index is 14.1. The van der Waals surface area contributed by atoms with E-state index >= 15 is 0 Å². The molecule has 0 fully saturated rings. The first-order chi connectivity index (χ1) is 9.04. The van der Waals surface area contributed by atoms with Gasteiger partial charge in [-0.05, 0) is 41.0 Å². The van der Waals surface area contributed by atoms with E-state index in [0.717, 1.165) is 9.35 Å². The monoisotopic (exact) mass is 345 g/mol. The molecule has 0 spiro atoms. The van der Waals surface area contributed by atoms with E-state index in [1.165, 1.54) is 11.3 Å². The smallest absolute Gasteiger partial charge is 0.164 e. The van der Waals surface area contributed by atoms with Crippen molar-refractivity contribution < 1.29 is 8.78 Å². The molecule has 2 aromatic rings. The Hall–Kier alpha value is -0.780. The van der Waals surface area contributed by atoms with Gasteiger partial charge in [0.25, 0.3) is 0 Å². The van der Waals surface area contributed by atoms with Crippen LogP contribution in [0.3, 0.4) is 0 Å². The summed E-state index contributed by atoms with van der Waals surface area (Å²) in [6, 6.07) is 4.86. The molecule has 0 amide bonds. The molecule has 1 unspecified atom stereocenters. The van der Waals surface area contributed by atoms with Crippen LogP contribution in [0.25, 0.3) is 0 Å². The molecule has 1 heterocycles. The van der Waals surface area contributed by atoms with Crippen molar-refractivity contribution in [1.82, 2.24) is 5.32 Å². The summed E-state index contributed by atoms with van der Waals surface area (Å²) >= 11 is 4.90. The molecular formula is C14H14BrF2NS. The van der Waals surface area contributed by atoms with Gasteiger partial charge < -0.3 is 5.32 Å². The number of nitrogens with one attached hydrogen (secondary N) is 1. The second-order valence-electron chi connectivity index (χ2n) is 4.26. The average molecular weight is 346 g/mol. The van der Waals surface area contributed by atoms with E-state index in [1.807, 2.05) is 18.4 Å². The van der Waals surface area contributed by atoms with Gasteiger partial charge in [-0.3, -0.25) is 0 Å². The van der Waals surface area contributed by atoms with Crippen LogP contribution in [0, 0.1) is 18.6 Å². The van der Waals surface area contributed by atoms with Crippen molar-refractivity contribution in [3.05, 3.63) is 55.7 Å². The molecular weight excluding hydrogens is 332 g/mol. The lowest BCUT2D eigenvalue weighted by atomic mass is 10.0. The Kier molecular flexibility index (Phi) is 4.71. The van der Waals surface area contributed by atoms with Gasteiger partial charge in [0, 0.05) is 20.3 Å². The number of hydrogen-bond acceptors (Lipinski definition) is 2. The van der Waals surface area contributed by atoms with E-state index in [4.69, 9.17) is 0 Å². The van der Waals surface area contributed by atoms with Gasteiger partial charge in [0.1, 0.15) is 0 Å². The molecule has 0 aliphatic rings. The summed E-state index contributed by atoms with van der Waals surface area (Å²) in [4.78, 5) is 0.955. The molecule has 0 saturated heterocycles.